The van der Waals surface area contributed by atoms with E-state index in [1.54, 1.807) is 30.3 Å². The topological polar surface area (TPSA) is 192 Å². The van der Waals surface area contributed by atoms with E-state index in [2.05, 4.69) is 16.0 Å². The molecule has 11 nitrogen and oxygen atoms in total. The van der Waals surface area contributed by atoms with Crippen molar-refractivity contribution in [3.8, 4) is 0 Å². The SMILES string of the molecule is N=C(N)Nc1cccc(C(=O)NCC(=O)NC(CC(=O)O)c2cccc(C[SH](=O)=O)c2)c1. The molecule has 2 aromatic rings. The second kappa shape index (κ2) is 11.5. The number of aliphatic carboxylic acids is 1. The first-order valence-corrected chi connectivity index (χ1v) is 10.7. The molecule has 1 atom stereocenters. The highest BCUT2D eigenvalue weighted by Crippen LogP contribution is 2.19. The molecule has 2 aromatic carbocycles. The van der Waals surface area contributed by atoms with E-state index in [-0.39, 0.29) is 17.3 Å². The van der Waals surface area contributed by atoms with E-state index < -0.39 is 47.5 Å². The van der Waals surface area contributed by atoms with Gasteiger partial charge >= 0.3 is 5.97 Å². The molecular formula is C20H23N5O6S. The maximum Gasteiger partial charge on any atom is 0.305 e. The number of carbonyl (C=O) groups is 3. The van der Waals surface area contributed by atoms with Gasteiger partial charge in [-0.15, -0.1) is 0 Å². The van der Waals surface area contributed by atoms with Crippen LogP contribution in [0.1, 0.15) is 33.9 Å². The van der Waals surface area contributed by atoms with E-state index in [1.165, 1.54) is 18.2 Å². The third-order valence-corrected chi connectivity index (χ3v) is 4.82. The highest BCUT2D eigenvalue weighted by Gasteiger charge is 2.19. The third kappa shape index (κ3) is 8.07. The molecule has 2 rings (SSSR count). The summed E-state index contributed by atoms with van der Waals surface area (Å²) in [5.74, 6) is -2.83. The minimum atomic E-state index is -2.66. The van der Waals surface area contributed by atoms with Crippen LogP contribution in [0.15, 0.2) is 48.5 Å². The maximum absolute atomic E-state index is 12.3. The van der Waals surface area contributed by atoms with Crippen LogP contribution in [0.25, 0.3) is 0 Å². The van der Waals surface area contributed by atoms with Gasteiger partial charge in [0.2, 0.25) is 5.91 Å². The second-order valence-electron chi connectivity index (χ2n) is 6.76. The van der Waals surface area contributed by atoms with Gasteiger partial charge in [-0.05, 0) is 29.3 Å². The molecule has 12 heteroatoms. The molecule has 0 aliphatic rings. The lowest BCUT2D eigenvalue weighted by Gasteiger charge is -2.18. The standard InChI is InChI=1S/C20H23N5O6S/c21-20(22)24-15-6-2-5-14(8-15)19(29)23-10-17(26)25-16(9-18(27)28)13-4-1-3-12(7-13)11-32(30)31/h1-8,16,32H,9-11H2,(H,23,29)(H,25,26)(H,27,28)(H4,21,22,24). The smallest absolute Gasteiger partial charge is 0.305 e. The summed E-state index contributed by atoms with van der Waals surface area (Å²) in [5.41, 5.74) is 6.81. The van der Waals surface area contributed by atoms with Gasteiger partial charge in [-0.2, -0.15) is 0 Å². The highest BCUT2D eigenvalue weighted by atomic mass is 32.2. The van der Waals surface area contributed by atoms with Crippen molar-refractivity contribution in [1.29, 1.82) is 5.41 Å². The molecule has 0 radical (unpaired) electrons. The number of carboxylic acids is 1. The van der Waals surface area contributed by atoms with Crippen LogP contribution in [0.3, 0.4) is 0 Å². The molecule has 0 bridgehead atoms. The molecule has 2 amide bonds. The number of anilines is 1. The van der Waals surface area contributed by atoms with Gasteiger partial charge in [-0.25, -0.2) is 8.42 Å². The van der Waals surface area contributed by atoms with Crippen LogP contribution in [0, 0.1) is 5.41 Å². The van der Waals surface area contributed by atoms with Crippen molar-refractivity contribution in [3.63, 3.8) is 0 Å². The summed E-state index contributed by atoms with van der Waals surface area (Å²) in [6.45, 7) is -0.411. The predicted octanol–water partition coefficient (Wildman–Crippen LogP) is 0.165. The number of thiol groups is 1. The molecule has 0 saturated carbocycles. The zero-order valence-electron chi connectivity index (χ0n) is 16.8. The molecule has 0 aliphatic carbocycles. The highest BCUT2D eigenvalue weighted by molar-refractivity contribution is 7.71. The Morgan fingerprint density at radius 3 is 2.47 bits per heavy atom. The Bertz CT molecular complexity index is 1090. The van der Waals surface area contributed by atoms with Crippen molar-refractivity contribution in [2.75, 3.05) is 11.9 Å². The van der Waals surface area contributed by atoms with Gasteiger partial charge < -0.3 is 26.8 Å². The molecule has 170 valence electrons. The van der Waals surface area contributed by atoms with Gasteiger partial charge in [-0.3, -0.25) is 19.8 Å². The van der Waals surface area contributed by atoms with Gasteiger partial charge in [0, 0.05) is 11.3 Å². The second-order valence-corrected chi connectivity index (χ2v) is 7.74. The molecule has 0 aliphatic heterocycles. The quantitative estimate of drug-likeness (QED) is 0.148. The first kappa shape index (κ1) is 24.3. The zero-order valence-corrected chi connectivity index (χ0v) is 17.7. The number of nitrogens with one attached hydrogen (secondary N) is 4. The average Bonchev–Trinajstić information content (AvgIpc) is 2.70. The monoisotopic (exact) mass is 461 g/mol. The number of nitrogens with two attached hydrogens (primary N) is 1. The predicted molar refractivity (Wildman–Crippen MR) is 118 cm³/mol. The van der Waals surface area contributed by atoms with Crippen LogP contribution in [0.4, 0.5) is 5.69 Å². The van der Waals surface area contributed by atoms with E-state index >= 15 is 0 Å². The Kier molecular flexibility index (Phi) is 8.72. The Morgan fingerprint density at radius 1 is 1.09 bits per heavy atom. The van der Waals surface area contributed by atoms with Crippen LogP contribution in [-0.4, -0.2) is 43.8 Å². The summed E-state index contributed by atoms with van der Waals surface area (Å²) >= 11 is 0. The minimum absolute atomic E-state index is 0.204. The maximum atomic E-state index is 12.3. The van der Waals surface area contributed by atoms with Gasteiger partial charge in [0.15, 0.2) is 5.96 Å². The zero-order chi connectivity index (χ0) is 23.7. The normalized spacial score (nSPS) is 11.4. The average molecular weight is 462 g/mol. The molecule has 1 unspecified atom stereocenters. The van der Waals surface area contributed by atoms with E-state index in [1.807, 2.05) is 0 Å². The summed E-state index contributed by atoms with van der Waals surface area (Å²) < 4.78 is 21.9. The van der Waals surface area contributed by atoms with Crippen LogP contribution in [-0.2, 0) is 26.0 Å². The molecule has 0 spiro atoms. The Labute approximate surface area is 185 Å². The van der Waals surface area contributed by atoms with Crippen LogP contribution in [0.2, 0.25) is 0 Å². The van der Waals surface area contributed by atoms with E-state index in [4.69, 9.17) is 11.1 Å². The number of hydrogen-bond acceptors (Lipinski definition) is 6. The van der Waals surface area contributed by atoms with E-state index in [9.17, 15) is 27.9 Å². The lowest BCUT2D eigenvalue weighted by Crippen LogP contribution is -2.39. The number of carbonyl (C=O) groups excluding carboxylic acids is 2. The largest absolute Gasteiger partial charge is 0.481 e. The van der Waals surface area contributed by atoms with Crippen LogP contribution >= 0.6 is 0 Å². The number of guanidine groups is 1. The van der Waals surface area contributed by atoms with Gasteiger partial charge in [0.05, 0.1) is 24.8 Å². The summed E-state index contributed by atoms with van der Waals surface area (Å²) in [7, 11) is -2.66. The number of hydrogen-bond donors (Lipinski definition) is 7. The summed E-state index contributed by atoms with van der Waals surface area (Å²) in [4.78, 5) is 35.9. The third-order valence-electron chi connectivity index (χ3n) is 4.19. The summed E-state index contributed by atoms with van der Waals surface area (Å²) in [6.07, 6.45) is -0.425. The Morgan fingerprint density at radius 2 is 1.81 bits per heavy atom. The lowest BCUT2D eigenvalue weighted by atomic mass is 10.0. The number of rotatable bonds is 10. The van der Waals surface area contributed by atoms with Crippen molar-refractivity contribution >= 4 is 40.1 Å². The van der Waals surface area contributed by atoms with Crippen molar-refractivity contribution < 1.29 is 27.9 Å². The molecular weight excluding hydrogens is 438 g/mol. The lowest BCUT2D eigenvalue weighted by molar-refractivity contribution is -0.137. The van der Waals surface area contributed by atoms with E-state index in [0.29, 0.717) is 16.8 Å². The van der Waals surface area contributed by atoms with Crippen LogP contribution in [0.5, 0.6) is 0 Å². The fourth-order valence-corrected chi connectivity index (χ4v) is 3.38. The Balaban J connectivity index is 2.04. The summed E-state index contributed by atoms with van der Waals surface area (Å²) in [6, 6.07) is 11.5. The fourth-order valence-electron chi connectivity index (χ4n) is 2.89. The molecule has 0 fully saturated rings. The molecule has 0 saturated heterocycles. The van der Waals surface area contributed by atoms with Crippen LogP contribution < -0.4 is 21.7 Å². The molecule has 32 heavy (non-hydrogen) atoms. The van der Waals surface area contributed by atoms with Gasteiger partial charge in [0.25, 0.3) is 5.91 Å². The van der Waals surface area contributed by atoms with Crippen molar-refractivity contribution in [2.24, 2.45) is 5.73 Å². The number of benzene rings is 2. The number of amides is 2. The molecule has 0 heterocycles. The first-order chi connectivity index (χ1) is 15.1. The Hall–Kier alpha value is -3.93. The van der Waals surface area contributed by atoms with Crippen molar-refractivity contribution in [2.45, 2.75) is 18.2 Å². The fraction of sp³-hybridized carbons (Fsp3) is 0.200. The van der Waals surface area contributed by atoms with Gasteiger partial charge in [0.1, 0.15) is 10.7 Å². The van der Waals surface area contributed by atoms with E-state index in [0.717, 1.165) is 0 Å². The molecule has 7 N–H and O–H groups in total. The molecule has 0 aromatic heterocycles. The first-order valence-electron chi connectivity index (χ1n) is 9.35. The van der Waals surface area contributed by atoms with Crippen molar-refractivity contribution in [1.82, 2.24) is 10.6 Å². The minimum Gasteiger partial charge on any atom is -0.481 e. The van der Waals surface area contributed by atoms with Gasteiger partial charge in [-0.1, -0.05) is 30.3 Å². The summed E-state index contributed by atoms with van der Waals surface area (Å²) in [5, 5.41) is 23.9. The van der Waals surface area contributed by atoms with Crippen molar-refractivity contribution in [3.05, 3.63) is 65.2 Å². The number of carboxylic acid groups (broad SMARTS) is 1.